The normalized spacial score (nSPS) is 12.5. The summed E-state index contributed by atoms with van der Waals surface area (Å²) in [7, 11) is 1.28. The fourth-order valence-corrected chi connectivity index (χ4v) is 2.18. The van der Waals surface area contributed by atoms with Crippen LogP contribution in [-0.4, -0.2) is 35.7 Å². The first-order valence-electron chi connectivity index (χ1n) is 6.95. The van der Waals surface area contributed by atoms with Gasteiger partial charge in [-0.3, -0.25) is 4.79 Å². The van der Waals surface area contributed by atoms with Gasteiger partial charge < -0.3 is 4.74 Å². The van der Waals surface area contributed by atoms with Crippen molar-refractivity contribution >= 4 is 23.7 Å². The molecule has 0 saturated carbocycles. The smallest absolute Gasteiger partial charge is 0.383 e. The Morgan fingerprint density at radius 1 is 1.00 bits per heavy atom. The highest BCUT2D eigenvalue weighted by atomic mass is 16.5. The van der Waals surface area contributed by atoms with Gasteiger partial charge in [-0.05, 0) is 12.1 Å². The molecule has 0 spiro atoms. The molecular formula is C18H18NO3+. The Morgan fingerprint density at radius 3 is 2.05 bits per heavy atom. The van der Waals surface area contributed by atoms with Gasteiger partial charge in [-0.2, -0.15) is 4.58 Å². The van der Waals surface area contributed by atoms with Crippen LogP contribution in [0.5, 0.6) is 0 Å². The third-order valence-electron chi connectivity index (χ3n) is 3.23. The summed E-state index contributed by atoms with van der Waals surface area (Å²) in [6.07, 6.45) is 1.78. The van der Waals surface area contributed by atoms with Gasteiger partial charge in [0.2, 0.25) is 11.5 Å². The molecule has 0 amide bonds. The quantitative estimate of drug-likeness (QED) is 0.369. The molecular weight excluding hydrogens is 278 g/mol. The molecule has 22 heavy (non-hydrogen) atoms. The maximum atomic E-state index is 12.1. The van der Waals surface area contributed by atoms with Gasteiger partial charge in [0.25, 0.3) is 0 Å². The molecule has 4 nitrogen and oxygen atoms in total. The van der Waals surface area contributed by atoms with E-state index < -0.39 is 12.0 Å². The first-order chi connectivity index (χ1) is 10.6. The van der Waals surface area contributed by atoms with Crippen molar-refractivity contribution in [1.29, 1.82) is 0 Å². The molecule has 2 aromatic rings. The molecule has 2 rings (SSSR count). The predicted molar refractivity (Wildman–Crippen MR) is 84.5 cm³/mol. The van der Waals surface area contributed by atoms with E-state index in [0.717, 1.165) is 11.3 Å². The Balaban J connectivity index is 2.57. The number of carbonyl (C=O) groups excluding carboxylic acids is 2. The molecule has 2 aromatic carbocycles. The van der Waals surface area contributed by atoms with E-state index in [4.69, 9.17) is 4.74 Å². The van der Waals surface area contributed by atoms with Crippen LogP contribution >= 0.6 is 0 Å². The van der Waals surface area contributed by atoms with E-state index in [9.17, 15) is 9.59 Å². The largest absolute Gasteiger partial charge is 0.464 e. The molecule has 0 aliphatic carbocycles. The third kappa shape index (κ3) is 3.67. The number of rotatable bonds is 5. The van der Waals surface area contributed by atoms with E-state index in [1.54, 1.807) is 10.8 Å². The van der Waals surface area contributed by atoms with Crippen LogP contribution in [0.2, 0.25) is 0 Å². The summed E-state index contributed by atoms with van der Waals surface area (Å²) < 4.78 is 6.43. The van der Waals surface area contributed by atoms with Gasteiger partial charge in [-0.15, -0.1) is 0 Å². The van der Waals surface area contributed by atoms with Gasteiger partial charge in [-0.25, -0.2) is 4.79 Å². The Bertz CT molecular complexity index is 678. The van der Waals surface area contributed by atoms with E-state index in [1.807, 2.05) is 60.7 Å². The molecule has 112 valence electrons. The molecule has 0 radical (unpaired) electrons. The maximum Gasteiger partial charge on any atom is 0.383 e. The summed E-state index contributed by atoms with van der Waals surface area (Å²) in [4.78, 5) is 24.0. The van der Waals surface area contributed by atoms with Crippen molar-refractivity contribution in [2.24, 2.45) is 0 Å². The van der Waals surface area contributed by atoms with Crippen LogP contribution in [0.15, 0.2) is 60.7 Å². The number of carbonyl (C=O) groups is 2. The average Bonchev–Trinajstić information content (AvgIpc) is 2.55. The number of hydrogen-bond acceptors (Lipinski definition) is 3. The SMILES string of the molecule is COC(=O)C(C(C)=O)[N+](=Cc1ccccc1)c1ccccc1. The van der Waals surface area contributed by atoms with E-state index in [-0.39, 0.29) is 5.78 Å². The maximum absolute atomic E-state index is 12.1. The van der Waals surface area contributed by atoms with Crippen molar-refractivity contribution in [2.45, 2.75) is 13.0 Å². The fraction of sp³-hybridized carbons (Fsp3) is 0.167. The Labute approximate surface area is 129 Å². The van der Waals surface area contributed by atoms with Gasteiger partial charge in [0, 0.05) is 24.6 Å². The van der Waals surface area contributed by atoms with Crippen molar-refractivity contribution in [3.05, 3.63) is 66.2 Å². The number of hydrogen-bond donors (Lipinski definition) is 0. The number of methoxy groups -OCH3 is 1. The van der Waals surface area contributed by atoms with Gasteiger partial charge in [0.05, 0.1) is 7.11 Å². The second-order valence-electron chi connectivity index (χ2n) is 4.82. The van der Waals surface area contributed by atoms with Gasteiger partial charge in [0.1, 0.15) is 0 Å². The van der Waals surface area contributed by atoms with Crippen LogP contribution in [0.3, 0.4) is 0 Å². The van der Waals surface area contributed by atoms with Crippen molar-refractivity contribution < 1.29 is 18.9 Å². The minimum atomic E-state index is -1.01. The third-order valence-corrected chi connectivity index (χ3v) is 3.23. The highest BCUT2D eigenvalue weighted by Crippen LogP contribution is 2.15. The summed E-state index contributed by atoms with van der Waals surface area (Å²) in [6, 6.07) is 17.8. The number of esters is 1. The molecule has 0 heterocycles. The Hall–Kier alpha value is -2.75. The molecule has 0 N–H and O–H groups in total. The van der Waals surface area contributed by atoms with Crippen molar-refractivity contribution in [1.82, 2.24) is 0 Å². The molecule has 0 aliphatic heterocycles. The van der Waals surface area contributed by atoms with Gasteiger partial charge in [0.15, 0.2) is 6.21 Å². The lowest BCUT2D eigenvalue weighted by molar-refractivity contribution is -0.453. The minimum Gasteiger partial charge on any atom is -0.464 e. The van der Waals surface area contributed by atoms with Crippen LogP contribution in [0.4, 0.5) is 5.69 Å². The van der Waals surface area contributed by atoms with Crippen molar-refractivity contribution in [2.75, 3.05) is 7.11 Å². The van der Waals surface area contributed by atoms with Crippen molar-refractivity contribution in [3.63, 3.8) is 0 Å². The van der Waals surface area contributed by atoms with Gasteiger partial charge in [-0.1, -0.05) is 36.4 Å². The molecule has 0 saturated heterocycles. The lowest BCUT2D eigenvalue weighted by Gasteiger charge is -2.11. The summed E-state index contributed by atoms with van der Waals surface area (Å²) in [5.74, 6) is -0.855. The highest BCUT2D eigenvalue weighted by molar-refractivity contribution is 6.01. The molecule has 1 atom stereocenters. The number of Topliss-reactive ketones (excluding diaryl/α,β-unsaturated/α-hetero) is 1. The second-order valence-corrected chi connectivity index (χ2v) is 4.82. The molecule has 0 bridgehead atoms. The topological polar surface area (TPSA) is 46.4 Å². The first kappa shape index (κ1) is 15.6. The zero-order valence-corrected chi connectivity index (χ0v) is 12.6. The van der Waals surface area contributed by atoms with E-state index >= 15 is 0 Å². The van der Waals surface area contributed by atoms with Crippen molar-refractivity contribution in [3.8, 4) is 0 Å². The monoisotopic (exact) mass is 296 g/mol. The lowest BCUT2D eigenvalue weighted by Crippen LogP contribution is -2.39. The van der Waals surface area contributed by atoms with E-state index in [0.29, 0.717) is 0 Å². The van der Waals surface area contributed by atoms with Crippen LogP contribution in [0, 0.1) is 0 Å². The number of benzene rings is 2. The average molecular weight is 296 g/mol. The van der Waals surface area contributed by atoms with E-state index in [1.165, 1.54) is 14.0 Å². The Kier molecular flexibility index (Phi) is 5.20. The molecule has 4 heteroatoms. The van der Waals surface area contributed by atoms with Gasteiger partial charge >= 0.3 is 12.0 Å². The second kappa shape index (κ2) is 7.31. The molecule has 1 unspecified atom stereocenters. The highest BCUT2D eigenvalue weighted by Gasteiger charge is 2.36. The first-order valence-corrected chi connectivity index (χ1v) is 6.95. The van der Waals surface area contributed by atoms with Crippen LogP contribution < -0.4 is 0 Å². The minimum absolute atomic E-state index is 0.275. The predicted octanol–water partition coefficient (Wildman–Crippen LogP) is 2.58. The van der Waals surface area contributed by atoms with E-state index in [2.05, 4.69) is 0 Å². The number of nitrogens with zero attached hydrogens (tertiary/aromatic N) is 1. The number of ketones is 1. The molecule has 0 fully saturated rings. The Morgan fingerprint density at radius 2 is 1.55 bits per heavy atom. The van der Waals surface area contributed by atoms with Crippen LogP contribution in [0.25, 0.3) is 0 Å². The summed E-state index contributed by atoms with van der Waals surface area (Å²) in [5.41, 5.74) is 1.64. The standard InChI is InChI=1S/C18H18NO3/c1-14(20)17(18(21)22-2)19(16-11-7-4-8-12-16)13-15-9-5-3-6-10-15/h3-13,17H,1-2H3/q+1. The number of para-hydroxylation sites is 1. The fourth-order valence-electron chi connectivity index (χ4n) is 2.18. The zero-order valence-electron chi connectivity index (χ0n) is 12.6. The summed E-state index contributed by atoms with van der Waals surface area (Å²) in [5, 5.41) is 0. The lowest BCUT2D eigenvalue weighted by atomic mass is 10.1. The molecule has 0 aromatic heterocycles. The summed E-state index contributed by atoms with van der Waals surface area (Å²) >= 11 is 0. The van der Waals surface area contributed by atoms with Crippen LogP contribution in [0.1, 0.15) is 12.5 Å². The zero-order chi connectivity index (χ0) is 15.9. The summed E-state index contributed by atoms with van der Waals surface area (Å²) in [6.45, 7) is 1.39. The molecule has 0 aliphatic rings. The number of ether oxygens (including phenoxy) is 1. The van der Waals surface area contributed by atoms with Crippen LogP contribution in [-0.2, 0) is 14.3 Å².